The molecule has 1 rings (SSSR count). The molecule has 0 aromatic rings. The number of rotatable bonds is 1. The molecule has 0 amide bonds. The summed E-state index contributed by atoms with van der Waals surface area (Å²) in [5, 5.41) is 0.0680. The maximum Gasteiger partial charge on any atom is 0.343 e. The van der Waals surface area contributed by atoms with Gasteiger partial charge in [-0.15, -0.1) is 11.6 Å². The lowest BCUT2D eigenvalue weighted by Gasteiger charge is -1.98. The molecule has 0 N–H and O–H groups in total. The number of allylic oxidation sites excluding steroid dienone is 6. The lowest BCUT2D eigenvalue weighted by Crippen LogP contribution is -1.96. The van der Waals surface area contributed by atoms with Crippen LogP contribution in [0.15, 0.2) is 36.0 Å². The minimum atomic E-state index is 0.0680. The monoisotopic (exact) mass is 183 g/mol. The van der Waals surface area contributed by atoms with Crippen LogP contribution in [-0.4, -0.2) is 18.3 Å². The lowest BCUT2D eigenvalue weighted by molar-refractivity contribution is -0.417. The molecule has 0 heterocycles. The maximum atomic E-state index is 5.80. The molecule has 0 unspecified atom stereocenters. The number of ketones is 1. The van der Waals surface area contributed by atoms with Crippen LogP contribution in [0.3, 0.4) is 0 Å². The fraction of sp³-hybridized carbons (Fsp3) is 0.300. The molecular formula is C10H12ClO+. The predicted octanol–water partition coefficient (Wildman–Crippen LogP) is 2.40. The first kappa shape index (κ1) is 9.27. The molecule has 0 radical (unpaired) electrons. The van der Waals surface area contributed by atoms with Crippen LogP contribution in [0.5, 0.6) is 0 Å². The van der Waals surface area contributed by atoms with Crippen molar-refractivity contribution in [3.8, 4) is 0 Å². The average molecular weight is 184 g/mol. The van der Waals surface area contributed by atoms with E-state index in [0.29, 0.717) is 0 Å². The van der Waals surface area contributed by atoms with Gasteiger partial charge in [-0.3, -0.25) is 4.42 Å². The van der Waals surface area contributed by atoms with Gasteiger partial charge in [-0.25, -0.2) is 0 Å². The number of hydrogen-bond donors (Lipinski definition) is 0. The fourth-order valence-corrected chi connectivity index (χ4v) is 1.13. The van der Waals surface area contributed by atoms with E-state index in [-0.39, 0.29) is 5.38 Å². The van der Waals surface area contributed by atoms with Crippen molar-refractivity contribution < 1.29 is 4.42 Å². The summed E-state index contributed by atoms with van der Waals surface area (Å²) in [5.41, 5.74) is 1.12. The van der Waals surface area contributed by atoms with Gasteiger partial charge >= 0.3 is 5.78 Å². The van der Waals surface area contributed by atoms with Crippen LogP contribution >= 0.6 is 11.6 Å². The highest BCUT2D eigenvalue weighted by atomic mass is 35.5. The summed E-state index contributed by atoms with van der Waals surface area (Å²) in [7, 11) is 1.66. The van der Waals surface area contributed by atoms with Gasteiger partial charge in [0.2, 0.25) is 0 Å². The standard InChI is InChI=1S/C10H12ClO/c1-8(11)7-9-3-5-10(12-2)6-4-9/h3-8H,1-2H3/q+1/t8-/m1/s1. The molecule has 0 saturated heterocycles. The Morgan fingerprint density at radius 2 is 1.92 bits per heavy atom. The van der Waals surface area contributed by atoms with E-state index in [9.17, 15) is 0 Å². The van der Waals surface area contributed by atoms with Crippen LogP contribution in [0.4, 0.5) is 0 Å². The zero-order chi connectivity index (χ0) is 8.97. The third-order valence-corrected chi connectivity index (χ3v) is 1.66. The molecule has 12 heavy (non-hydrogen) atoms. The van der Waals surface area contributed by atoms with Crippen LogP contribution < -0.4 is 0 Å². The van der Waals surface area contributed by atoms with Gasteiger partial charge in [0.05, 0.1) is 0 Å². The van der Waals surface area contributed by atoms with Crippen LogP contribution in [0.2, 0.25) is 0 Å². The normalized spacial score (nSPS) is 17.9. The Morgan fingerprint density at radius 3 is 2.33 bits per heavy atom. The van der Waals surface area contributed by atoms with E-state index in [4.69, 9.17) is 16.0 Å². The van der Waals surface area contributed by atoms with Crippen molar-refractivity contribution in [2.45, 2.75) is 12.3 Å². The smallest absolute Gasteiger partial charge is 0.258 e. The van der Waals surface area contributed by atoms with Gasteiger partial charge in [-0.2, -0.15) is 0 Å². The van der Waals surface area contributed by atoms with Crippen molar-refractivity contribution in [3.63, 3.8) is 0 Å². The molecule has 0 aliphatic heterocycles. The average Bonchev–Trinajstić information content (AvgIpc) is 2.05. The second-order valence-corrected chi connectivity index (χ2v) is 3.31. The topological polar surface area (TPSA) is 11.3 Å². The van der Waals surface area contributed by atoms with Gasteiger partial charge in [0.25, 0.3) is 7.11 Å². The molecule has 0 aromatic carbocycles. The molecule has 1 atom stereocenters. The second kappa shape index (κ2) is 4.27. The SMILES string of the molecule is C[O+]=C1C=CC(=C[C@@H](C)Cl)C=C1. The van der Waals surface area contributed by atoms with E-state index < -0.39 is 0 Å². The van der Waals surface area contributed by atoms with Crippen molar-refractivity contribution in [2.24, 2.45) is 0 Å². The molecule has 64 valence electrons. The summed E-state index contributed by atoms with van der Waals surface area (Å²) < 4.78 is 5.03. The summed E-state index contributed by atoms with van der Waals surface area (Å²) in [4.78, 5) is 0. The van der Waals surface area contributed by atoms with E-state index in [2.05, 4.69) is 0 Å². The summed E-state index contributed by atoms with van der Waals surface area (Å²) in [5.74, 6) is 0.870. The Hall–Kier alpha value is -0.820. The van der Waals surface area contributed by atoms with Crippen LogP contribution in [0.1, 0.15) is 6.92 Å². The zero-order valence-corrected chi connectivity index (χ0v) is 8.01. The molecule has 1 aliphatic carbocycles. The van der Waals surface area contributed by atoms with Crippen molar-refractivity contribution in [2.75, 3.05) is 7.11 Å². The van der Waals surface area contributed by atoms with E-state index in [1.54, 1.807) is 7.11 Å². The van der Waals surface area contributed by atoms with Crippen molar-refractivity contribution in [1.29, 1.82) is 0 Å². The molecule has 0 saturated carbocycles. The highest BCUT2D eigenvalue weighted by molar-refractivity contribution is 6.21. The minimum absolute atomic E-state index is 0.0680. The fourth-order valence-electron chi connectivity index (χ4n) is 0.980. The molecular weight excluding hydrogens is 172 g/mol. The Kier molecular flexibility index (Phi) is 3.30. The first-order valence-electron chi connectivity index (χ1n) is 3.85. The van der Waals surface area contributed by atoms with Gasteiger partial charge in [-0.1, -0.05) is 6.08 Å². The third-order valence-electron chi connectivity index (χ3n) is 1.54. The summed E-state index contributed by atoms with van der Waals surface area (Å²) in [6.45, 7) is 1.94. The van der Waals surface area contributed by atoms with Crippen LogP contribution in [0.25, 0.3) is 0 Å². The highest BCUT2D eigenvalue weighted by Crippen LogP contribution is 2.09. The lowest BCUT2D eigenvalue weighted by atomic mass is 10.1. The molecule has 1 aliphatic rings. The van der Waals surface area contributed by atoms with Crippen molar-refractivity contribution in [3.05, 3.63) is 36.0 Å². The Labute approximate surface area is 77.7 Å². The van der Waals surface area contributed by atoms with Gasteiger partial charge in [-0.05, 0) is 24.6 Å². The molecule has 1 nitrogen and oxygen atoms in total. The van der Waals surface area contributed by atoms with Crippen molar-refractivity contribution in [1.82, 2.24) is 0 Å². The predicted molar refractivity (Wildman–Crippen MR) is 52.6 cm³/mol. The maximum absolute atomic E-state index is 5.80. The molecule has 2 heteroatoms. The van der Waals surface area contributed by atoms with E-state index in [1.807, 2.05) is 37.3 Å². The van der Waals surface area contributed by atoms with E-state index in [0.717, 1.165) is 11.4 Å². The van der Waals surface area contributed by atoms with E-state index >= 15 is 0 Å². The zero-order valence-electron chi connectivity index (χ0n) is 7.25. The largest absolute Gasteiger partial charge is 0.343 e. The van der Waals surface area contributed by atoms with Crippen molar-refractivity contribution >= 4 is 17.4 Å². The van der Waals surface area contributed by atoms with Gasteiger partial charge < -0.3 is 0 Å². The van der Waals surface area contributed by atoms with Gasteiger partial charge in [0, 0.05) is 17.5 Å². The Bertz CT molecular complexity index is 252. The molecule has 0 aromatic heterocycles. The number of carbonyl (C=O) groups excluding carboxylic acids is 1. The summed E-state index contributed by atoms with van der Waals surface area (Å²) in [6, 6.07) is 0. The first-order valence-corrected chi connectivity index (χ1v) is 4.29. The minimum Gasteiger partial charge on any atom is -0.258 e. The van der Waals surface area contributed by atoms with Gasteiger partial charge in [0.15, 0.2) is 0 Å². The van der Waals surface area contributed by atoms with Gasteiger partial charge in [0.1, 0.15) is 0 Å². The van der Waals surface area contributed by atoms with Crippen LogP contribution in [-0.2, 0) is 4.42 Å². The number of halogens is 1. The molecule has 0 fully saturated rings. The second-order valence-electron chi connectivity index (χ2n) is 2.62. The summed E-state index contributed by atoms with van der Waals surface area (Å²) >= 11 is 5.80. The quantitative estimate of drug-likeness (QED) is 0.437. The molecule has 0 bridgehead atoms. The number of alkyl halides is 1. The first-order chi connectivity index (χ1) is 5.72. The summed E-state index contributed by atoms with van der Waals surface area (Å²) in [6.07, 6.45) is 9.80. The Morgan fingerprint density at radius 1 is 1.33 bits per heavy atom. The Balaban J connectivity index is 2.73. The number of hydrogen-bond acceptors (Lipinski definition) is 0. The molecule has 0 spiro atoms. The third kappa shape index (κ3) is 2.67. The highest BCUT2D eigenvalue weighted by Gasteiger charge is 2.05. The van der Waals surface area contributed by atoms with Crippen LogP contribution in [0, 0.1) is 0 Å². The van der Waals surface area contributed by atoms with E-state index in [1.165, 1.54) is 0 Å².